The fraction of sp³-hybridized carbons (Fsp3) is 0. The fourth-order valence-electron chi connectivity index (χ4n) is 9.12. The molecule has 0 aliphatic rings. The number of rotatable bonds is 5. The van der Waals surface area contributed by atoms with Gasteiger partial charge in [-0.15, -0.1) is 0 Å². The van der Waals surface area contributed by atoms with Crippen LogP contribution in [0.5, 0.6) is 0 Å². The van der Waals surface area contributed by atoms with Crippen LogP contribution in [0.3, 0.4) is 0 Å². The van der Waals surface area contributed by atoms with Crippen LogP contribution in [-0.2, 0) is 0 Å². The first kappa shape index (κ1) is 35.2. The smallest absolute Gasteiger partial charge is 0.178 e. The van der Waals surface area contributed by atoms with Gasteiger partial charge in [-0.3, -0.25) is 0 Å². The summed E-state index contributed by atoms with van der Waals surface area (Å²) in [6.45, 7) is 6.72. The van der Waals surface area contributed by atoms with Crippen molar-refractivity contribution >= 4 is 76.2 Å². The Morgan fingerprint density at radius 1 is 0.300 bits per heavy atom. The van der Waals surface area contributed by atoms with Gasteiger partial charge in [0.25, 0.3) is 0 Å². The molecule has 0 saturated carbocycles. The van der Waals surface area contributed by atoms with E-state index in [-0.39, 0.29) is 0 Å². The highest BCUT2D eigenvalue weighted by Crippen LogP contribution is 2.46. The minimum atomic E-state index is 0.792. The molecular weight excluding hydrogens is 729 g/mol. The van der Waals surface area contributed by atoms with Gasteiger partial charge in [0.1, 0.15) is 11.2 Å². The van der Waals surface area contributed by atoms with Gasteiger partial charge in [0.05, 0.1) is 0 Å². The van der Waals surface area contributed by atoms with E-state index in [2.05, 4.69) is 189 Å². The van der Waals surface area contributed by atoms with E-state index in [4.69, 9.17) is 8.83 Å². The molecule has 282 valence electrons. The van der Waals surface area contributed by atoms with Crippen LogP contribution in [0, 0.1) is 0 Å². The third kappa shape index (κ3) is 5.73. The molecule has 2 aromatic heterocycles. The van der Waals surface area contributed by atoms with Crippen molar-refractivity contribution in [3.8, 4) is 44.5 Å². The second-order valence-corrected chi connectivity index (χ2v) is 15.2. The van der Waals surface area contributed by atoms with Crippen LogP contribution < -0.4 is 0 Å². The Hall–Kier alpha value is -7.94. The summed E-state index contributed by atoms with van der Waals surface area (Å²) < 4.78 is 12.8. The standard InChI is InChI=1S/C54H32O2.C4H6/c1-2-18-39-33(12-1)13-11-24-40(39)36-15-10-17-38(31-36)52-44-22-5-3-20-42(44)51(43-21-4-6-23-45(43)52)37-16-9-14-34(30-37)35-26-29-50-48(32-35)47-28-27-46-41-19-7-8-25-49(41)55-53(46)54(47)56-50;1-3-4-2/h1-32H;3-4H,1-2H2. The summed E-state index contributed by atoms with van der Waals surface area (Å²) in [4.78, 5) is 0. The highest BCUT2D eigenvalue weighted by molar-refractivity contribution is 6.22. The third-order valence-corrected chi connectivity index (χ3v) is 11.8. The van der Waals surface area contributed by atoms with E-state index in [0.717, 1.165) is 55.0 Å². The van der Waals surface area contributed by atoms with Crippen LogP contribution >= 0.6 is 0 Å². The van der Waals surface area contributed by atoms with E-state index < -0.39 is 0 Å². The highest BCUT2D eigenvalue weighted by atomic mass is 16.4. The van der Waals surface area contributed by atoms with Gasteiger partial charge in [-0.25, -0.2) is 0 Å². The second-order valence-electron chi connectivity index (χ2n) is 15.2. The van der Waals surface area contributed by atoms with Gasteiger partial charge in [-0.1, -0.05) is 177 Å². The lowest BCUT2D eigenvalue weighted by molar-refractivity contribution is 0.633. The lowest BCUT2D eigenvalue weighted by Gasteiger charge is -2.19. The van der Waals surface area contributed by atoms with Gasteiger partial charge in [0, 0.05) is 21.5 Å². The van der Waals surface area contributed by atoms with E-state index in [1.165, 1.54) is 65.7 Å². The van der Waals surface area contributed by atoms with Crippen LogP contribution in [0.2, 0.25) is 0 Å². The van der Waals surface area contributed by atoms with Crippen molar-refractivity contribution in [2.45, 2.75) is 0 Å². The van der Waals surface area contributed by atoms with Gasteiger partial charge in [0.15, 0.2) is 11.2 Å². The Morgan fingerprint density at radius 3 is 1.38 bits per heavy atom. The quantitative estimate of drug-likeness (QED) is 0.129. The number of benzene rings is 10. The molecule has 0 unspecified atom stereocenters. The number of hydrogen-bond acceptors (Lipinski definition) is 2. The van der Waals surface area contributed by atoms with Gasteiger partial charge in [-0.05, 0) is 119 Å². The van der Waals surface area contributed by atoms with E-state index in [9.17, 15) is 0 Å². The van der Waals surface area contributed by atoms with E-state index >= 15 is 0 Å². The Labute approximate surface area is 347 Å². The Balaban J connectivity index is 0.000000980. The SMILES string of the molecule is C=CC=C.c1cc(-c2ccc3oc4c(ccc5c6ccccc6oc54)c3c2)cc(-c2c3ccccc3c(-c3cccc(-c4cccc5ccccc45)c3)c3ccccc23)c1. The number of para-hydroxylation sites is 1. The van der Waals surface area contributed by atoms with Crippen molar-refractivity contribution in [1.82, 2.24) is 0 Å². The molecule has 0 fully saturated rings. The van der Waals surface area contributed by atoms with Crippen molar-refractivity contribution in [3.05, 3.63) is 219 Å². The van der Waals surface area contributed by atoms with Gasteiger partial charge in [-0.2, -0.15) is 0 Å². The molecule has 2 heterocycles. The molecule has 0 aliphatic carbocycles. The molecule has 12 rings (SSSR count). The summed E-state index contributed by atoms with van der Waals surface area (Å²) in [5.74, 6) is 0. The maximum atomic E-state index is 6.48. The molecule has 0 aliphatic heterocycles. The highest BCUT2D eigenvalue weighted by Gasteiger charge is 2.19. The van der Waals surface area contributed by atoms with Crippen molar-refractivity contribution in [2.75, 3.05) is 0 Å². The largest absolute Gasteiger partial charge is 0.452 e. The van der Waals surface area contributed by atoms with Gasteiger partial charge in [0.2, 0.25) is 0 Å². The van der Waals surface area contributed by atoms with Crippen LogP contribution in [0.25, 0.3) is 121 Å². The molecule has 12 aromatic rings. The average molecular weight is 767 g/mol. The fourth-order valence-corrected chi connectivity index (χ4v) is 9.12. The summed E-state index contributed by atoms with van der Waals surface area (Å²) in [7, 11) is 0. The van der Waals surface area contributed by atoms with Crippen molar-refractivity contribution < 1.29 is 8.83 Å². The predicted molar refractivity (Wildman–Crippen MR) is 256 cm³/mol. The first-order valence-corrected chi connectivity index (χ1v) is 20.3. The molecule has 0 atom stereocenters. The van der Waals surface area contributed by atoms with Crippen molar-refractivity contribution in [3.63, 3.8) is 0 Å². The predicted octanol–water partition coefficient (Wildman–Crippen LogP) is 17.0. The number of allylic oxidation sites excluding steroid dienone is 2. The number of fused-ring (bicyclic) bond motifs is 10. The van der Waals surface area contributed by atoms with Crippen LogP contribution in [0.15, 0.2) is 228 Å². The summed E-state index contributed by atoms with van der Waals surface area (Å²) in [5.41, 5.74) is 13.0. The molecule has 0 spiro atoms. The monoisotopic (exact) mass is 766 g/mol. The van der Waals surface area contributed by atoms with Crippen LogP contribution in [0.1, 0.15) is 0 Å². The summed E-state index contributed by atoms with van der Waals surface area (Å²) >= 11 is 0. The molecule has 60 heavy (non-hydrogen) atoms. The number of furan rings is 2. The molecular formula is C58H38O2. The van der Waals surface area contributed by atoms with Crippen LogP contribution in [-0.4, -0.2) is 0 Å². The van der Waals surface area contributed by atoms with Crippen molar-refractivity contribution in [2.24, 2.45) is 0 Å². The lowest BCUT2D eigenvalue weighted by Crippen LogP contribution is -1.91. The van der Waals surface area contributed by atoms with E-state index in [1.54, 1.807) is 12.2 Å². The minimum absolute atomic E-state index is 0.792. The molecule has 0 amide bonds. The lowest BCUT2D eigenvalue weighted by atomic mass is 9.85. The normalized spacial score (nSPS) is 11.5. The first-order chi connectivity index (χ1) is 29.7. The minimum Gasteiger partial charge on any atom is -0.452 e. The molecule has 2 nitrogen and oxygen atoms in total. The third-order valence-electron chi connectivity index (χ3n) is 11.8. The molecule has 2 heteroatoms. The summed E-state index contributed by atoms with van der Waals surface area (Å²) in [6.07, 6.45) is 3.28. The Bertz CT molecular complexity index is 3580. The second kappa shape index (κ2) is 14.5. The first-order valence-electron chi connectivity index (χ1n) is 20.3. The summed E-state index contributed by atoms with van der Waals surface area (Å²) in [5, 5.41) is 11.8. The van der Waals surface area contributed by atoms with Gasteiger partial charge >= 0.3 is 0 Å². The van der Waals surface area contributed by atoms with Crippen LogP contribution in [0.4, 0.5) is 0 Å². The maximum Gasteiger partial charge on any atom is 0.178 e. The zero-order valence-electron chi connectivity index (χ0n) is 32.9. The van der Waals surface area contributed by atoms with Crippen molar-refractivity contribution in [1.29, 1.82) is 0 Å². The Morgan fingerprint density at radius 2 is 0.750 bits per heavy atom. The molecule has 0 radical (unpaired) electrons. The summed E-state index contributed by atoms with van der Waals surface area (Å²) in [6, 6.07) is 70.1. The molecule has 0 saturated heterocycles. The topological polar surface area (TPSA) is 26.3 Å². The average Bonchev–Trinajstić information content (AvgIpc) is 3.89. The van der Waals surface area contributed by atoms with E-state index in [0.29, 0.717) is 0 Å². The Kier molecular flexibility index (Phi) is 8.49. The molecule has 0 bridgehead atoms. The zero-order chi connectivity index (χ0) is 40.2. The van der Waals surface area contributed by atoms with Gasteiger partial charge < -0.3 is 8.83 Å². The maximum absolute atomic E-state index is 6.48. The zero-order valence-corrected chi connectivity index (χ0v) is 32.9. The van der Waals surface area contributed by atoms with E-state index in [1.807, 2.05) is 18.2 Å². The molecule has 10 aromatic carbocycles. The number of hydrogen-bond donors (Lipinski definition) is 0. The molecule has 0 N–H and O–H groups in total.